The molecule has 4 aromatic rings. The molecule has 1 N–H and O–H groups in total. The molecular formula is C29H23BrClN3O3. The molecule has 0 radical (unpaired) electrons. The number of halogens is 2. The van der Waals surface area contributed by atoms with Crippen LogP contribution in [0.4, 0.5) is 0 Å². The lowest BCUT2D eigenvalue weighted by molar-refractivity contribution is -0.141. The van der Waals surface area contributed by atoms with Crippen LogP contribution in [0, 0.1) is 6.92 Å². The molecule has 1 unspecified atom stereocenters. The zero-order valence-electron chi connectivity index (χ0n) is 20.0. The molecule has 37 heavy (non-hydrogen) atoms. The molecule has 0 bridgehead atoms. The summed E-state index contributed by atoms with van der Waals surface area (Å²) in [5, 5.41) is 17.0. The van der Waals surface area contributed by atoms with Crippen LogP contribution in [-0.4, -0.2) is 32.7 Å². The highest BCUT2D eigenvalue weighted by atomic mass is 79.9. The second kappa shape index (κ2) is 10.4. The van der Waals surface area contributed by atoms with E-state index in [4.69, 9.17) is 26.8 Å². The van der Waals surface area contributed by atoms with E-state index in [1.54, 1.807) is 0 Å². The standard InChI is InChI=1S/C29H23BrClN3O3/c1-17-28(29(19-8-12-21(31)13-9-19)22-4-2-3-5-23(22)32-17)24-16-25(18-6-10-20(30)11-7-18)34(33-24)26(35)14-15-27(36)37/h2-13,25H,14-16H2,1H3,(H,36,37). The smallest absolute Gasteiger partial charge is 0.303 e. The number of rotatable bonds is 6. The minimum atomic E-state index is -1.02. The first kappa shape index (κ1) is 25.1. The second-order valence-corrected chi connectivity index (χ2v) is 10.3. The van der Waals surface area contributed by atoms with Crippen molar-refractivity contribution in [2.45, 2.75) is 32.2 Å². The monoisotopic (exact) mass is 575 g/mol. The number of amides is 1. The van der Waals surface area contributed by atoms with Gasteiger partial charge < -0.3 is 5.11 Å². The highest BCUT2D eigenvalue weighted by Gasteiger charge is 2.35. The van der Waals surface area contributed by atoms with Gasteiger partial charge in [-0.2, -0.15) is 5.10 Å². The Hall–Kier alpha value is -3.55. The van der Waals surface area contributed by atoms with Gasteiger partial charge in [-0.1, -0.05) is 70.0 Å². The van der Waals surface area contributed by atoms with Gasteiger partial charge in [0, 0.05) is 44.5 Å². The Morgan fingerprint density at radius 3 is 2.41 bits per heavy atom. The van der Waals surface area contributed by atoms with Crippen molar-refractivity contribution < 1.29 is 14.7 Å². The van der Waals surface area contributed by atoms with E-state index in [1.807, 2.05) is 79.7 Å². The molecule has 1 atom stereocenters. The lowest BCUT2D eigenvalue weighted by Crippen LogP contribution is -2.27. The van der Waals surface area contributed by atoms with Crippen molar-refractivity contribution in [3.8, 4) is 11.1 Å². The van der Waals surface area contributed by atoms with Gasteiger partial charge in [0.2, 0.25) is 5.91 Å². The molecule has 8 heteroatoms. The fourth-order valence-electron chi connectivity index (χ4n) is 4.77. The van der Waals surface area contributed by atoms with Gasteiger partial charge >= 0.3 is 5.97 Å². The molecule has 1 amide bonds. The fourth-order valence-corrected chi connectivity index (χ4v) is 5.16. The number of aromatic nitrogens is 1. The molecular weight excluding hydrogens is 554 g/mol. The molecule has 2 heterocycles. The number of hydrogen-bond acceptors (Lipinski definition) is 4. The molecule has 0 aliphatic carbocycles. The Labute approximate surface area is 227 Å². The van der Waals surface area contributed by atoms with Crippen LogP contribution in [0.5, 0.6) is 0 Å². The van der Waals surface area contributed by atoms with Crippen molar-refractivity contribution >= 4 is 56.0 Å². The summed E-state index contributed by atoms with van der Waals surface area (Å²) in [7, 11) is 0. The topological polar surface area (TPSA) is 82.9 Å². The summed E-state index contributed by atoms with van der Waals surface area (Å²) in [6.07, 6.45) is 0.0971. The van der Waals surface area contributed by atoms with Crippen LogP contribution in [0.1, 0.15) is 42.1 Å². The maximum Gasteiger partial charge on any atom is 0.303 e. The summed E-state index contributed by atoms with van der Waals surface area (Å²) in [5.41, 5.74) is 6.15. The minimum absolute atomic E-state index is 0.127. The molecule has 186 valence electrons. The minimum Gasteiger partial charge on any atom is -0.481 e. The highest BCUT2D eigenvalue weighted by molar-refractivity contribution is 9.10. The Morgan fingerprint density at radius 1 is 1.00 bits per heavy atom. The number of fused-ring (bicyclic) bond motifs is 1. The van der Waals surface area contributed by atoms with Crippen molar-refractivity contribution in [3.05, 3.63) is 99.1 Å². The number of nitrogens with zero attached hydrogens (tertiary/aromatic N) is 3. The number of hydrazone groups is 1. The van der Waals surface area contributed by atoms with Crippen LogP contribution in [0.2, 0.25) is 5.02 Å². The van der Waals surface area contributed by atoms with Gasteiger partial charge in [0.15, 0.2) is 0 Å². The molecule has 0 saturated carbocycles. The maximum absolute atomic E-state index is 13.2. The Balaban J connectivity index is 1.67. The van der Waals surface area contributed by atoms with Crippen molar-refractivity contribution in [3.63, 3.8) is 0 Å². The lowest BCUT2D eigenvalue weighted by Gasteiger charge is -2.22. The third kappa shape index (κ3) is 5.15. The Kier molecular flexibility index (Phi) is 7.09. The zero-order chi connectivity index (χ0) is 26.1. The maximum atomic E-state index is 13.2. The summed E-state index contributed by atoms with van der Waals surface area (Å²) in [4.78, 5) is 29.2. The number of aliphatic carboxylic acids is 1. The third-order valence-corrected chi connectivity index (χ3v) is 7.25. The van der Waals surface area contributed by atoms with Crippen molar-refractivity contribution in [1.29, 1.82) is 0 Å². The number of carboxylic acids is 1. The van der Waals surface area contributed by atoms with Gasteiger partial charge in [-0.25, -0.2) is 5.01 Å². The second-order valence-electron chi connectivity index (χ2n) is 8.92. The molecule has 1 aromatic heterocycles. The van der Waals surface area contributed by atoms with Crippen LogP contribution >= 0.6 is 27.5 Å². The summed E-state index contributed by atoms with van der Waals surface area (Å²) >= 11 is 9.66. The summed E-state index contributed by atoms with van der Waals surface area (Å²) < 4.78 is 0.929. The third-order valence-electron chi connectivity index (χ3n) is 6.47. The quantitative estimate of drug-likeness (QED) is 0.264. The summed E-state index contributed by atoms with van der Waals surface area (Å²) in [6.45, 7) is 1.95. The first-order valence-corrected chi connectivity index (χ1v) is 13.0. The SMILES string of the molecule is Cc1nc2ccccc2c(-c2ccc(Cl)cc2)c1C1=NN(C(=O)CCC(=O)O)C(c2ccc(Br)cc2)C1. The van der Waals surface area contributed by atoms with Crippen LogP contribution < -0.4 is 0 Å². The van der Waals surface area contributed by atoms with Crippen LogP contribution in [0.3, 0.4) is 0 Å². The number of carbonyl (C=O) groups is 2. The number of pyridine rings is 1. The van der Waals surface area contributed by atoms with E-state index in [-0.39, 0.29) is 24.8 Å². The van der Waals surface area contributed by atoms with Gasteiger partial charge in [-0.15, -0.1) is 0 Å². The molecule has 0 spiro atoms. The number of benzene rings is 3. The number of carboxylic acid groups (broad SMARTS) is 1. The Bertz CT molecular complexity index is 1540. The fraction of sp³-hybridized carbons (Fsp3) is 0.172. The number of aryl methyl sites for hydroxylation is 1. The summed E-state index contributed by atoms with van der Waals surface area (Å²) in [6, 6.07) is 23.0. The largest absolute Gasteiger partial charge is 0.481 e. The molecule has 3 aromatic carbocycles. The predicted octanol–water partition coefficient (Wildman–Crippen LogP) is 7.17. The van der Waals surface area contributed by atoms with Gasteiger partial charge in [-0.3, -0.25) is 14.6 Å². The molecule has 1 aliphatic rings. The lowest BCUT2D eigenvalue weighted by atomic mass is 9.89. The van der Waals surface area contributed by atoms with Gasteiger partial charge in [0.05, 0.1) is 23.7 Å². The van der Waals surface area contributed by atoms with E-state index in [0.29, 0.717) is 11.4 Å². The van der Waals surface area contributed by atoms with Gasteiger partial charge in [0.25, 0.3) is 0 Å². The van der Waals surface area contributed by atoms with Crippen molar-refractivity contribution in [1.82, 2.24) is 9.99 Å². The van der Waals surface area contributed by atoms with Crippen molar-refractivity contribution in [2.75, 3.05) is 0 Å². The van der Waals surface area contributed by atoms with Crippen LogP contribution in [0.15, 0.2) is 82.4 Å². The van der Waals surface area contributed by atoms with Gasteiger partial charge in [0.1, 0.15) is 0 Å². The molecule has 5 rings (SSSR count). The zero-order valence-corrected chi connectivity index (χ0v) is 22.3. The van der Waals surface area contributed by atoms with E-state index in [9.17, 15) is 9.59 Å². The molecule has 0 saturated heterocycles. The first-order chi connectivity index (χ1) is 17.8. The van der Waals surface area contributed by atoms with E-state index in [1.165, 1.54) is 5.01 Å². The van der Waals surface area contributed by atoms with E-state index in [0.717, 1.165) is 49.0 Å². The highest BCUT2D eigenvalue weighted by Crippen LogP contribution is 2.40. The van der Waals surface area contributed by atoms with E-state index < -0.39 is 5.97 Å². The number of carbonyl (C=O) groups excluding carboxylic acids is 1. The Morgan fingerprint density at radius 2 is 1.70 bits per heavy atom. The molecule has 1 aliphatic heterocycles. The van der Waals surface area contributed by atoms with E-state index in [2.05, 4.69) is 15.9 Å². The normalized spacial score (nSPS) is 15.2. The first-order valence-electron chi connectivity index (χ1n) is 11.8. The summed E-state index contributed by atoms with van der Waals surface area (Å²) in [5.74, 6) is -1.35. The molecule has 6 nitrogen and oxygen atoms in total. The number of para-hydroxylation sites is 1. The molecule has 0 fully saturated rings. The van der Waals surface area contributed by atoms with E-state index >= 15 is 0 Å². The van der Waals surface area contributed by atoms with Gasteiger partial charge in [-0.05, 0) is 48.4 Å². The van der Waals surface area contributed by atoms with Crippen LogP contribution in [0.25, 0.3) is 22.0 Å². The predicted molar refractivity (Wildman–Crippen MR) is 149 cm³/mol. The average Bonchev–Trinajstić information content (AvgIpc) is 3.32. The number of hydrogen-bond donors (Lipinski definition) is 1. The van der Waals surface area contributed by atoms with Crippen molar-refractivity contribution in [2.24, 2.45) is 5.10 Å². The van der Waals surface area contributed by atoms with Crippen LogP contribution in [-0.2, 0) is 9.59 Å². The average molecular weight is 577 g/mol.